The molecule has 1 saturated heterocycles. The van der Waals surface area contributed by atoms with Crippen LogP contribution in [0.5, 0.6) is 5.75 Å². The number of piperidine rings is 1. The van der Waals surface area contributed by atoms with Gasteiger partial charge in [-0.25, -0.2) is 0 Å². The Labute approximate surface area is 161 Å². The van der Waals surface area contributed by atoms with Crippen molar-refractivity contribution in [3.8, 4) is 16.5 Å². The number of rotatable bonds is 5. The Morgan fingerprint density at radius 2 is 2.15 bits per heavy atom. The molecule has 7 heteroatoms. The molecule has 0 spiro atoms. The van der Waals surface area contributed by atoms with Gasteiger partial charge in [-0.15, -0.1) is 21.5 Å². The summed E-state index contributed by atoms with van der Waals surface area (Å²) >= 11 is 1.57. The molecule has 1 fully saturated rings. The van der Waals surface area contributed by atoms with Crippen LogP contribution in [0.2, 0.25) is 0 Å². The van der Waals surface area contributed by atoms with E-state index in [1.165, 1.54) is 0 Å². The van der Waals surface area contributed by atoms with Crippen LogP contribution in [0.15, 0.2) is 46.2 Å². The molecule has 1 aromatic carbocycles. The number of amides is 1. The Hall–Kier alpha value is -2.67. The summed E-state index contributed by atoms with van der Waals surface area (Å²) in [6.45, 7) is 3.38. The zero-order valence-corrected chi connectivity index (χ0v) is 15.9. The summed E-state index contributed by atoms with van der Waals surface area (Å²) in [5.41, 5.74) is 1.16. The fraction of sp³-hybridized carbons (Fsp3) is 0.350. The van der Waals surface area contributed by atoms with E-state index < -0.39 is 0 Å². The first-order valence-electron chi connectivity index (χ1n) is 9.03. The third kappa shape index (κ3) is 4.19. The van der Waals surface area contributed by atoms with Gasteiger partial charge in [-0.05, 0) is 43.3 Å². The minimum Gasteiger partial charge on any atom is -0.484 e. The van der Waals surface area contributed by atoms with Gasteiger partial charge in [-0.1, -0.05) is 23.8 Å². The van der Waals surface area contributed by atoms with Crippen molar-refractivity contribution in [1.82, 2.24) is 15.1 Å². The van der Waals surface area contributed by atoms with Gasteiger partial charge in [0, 0.05) is 13.1 Å². The molecule has 1 amide bonds. The molecule has 0 bridgehead atoms. The molecule has 0 radical (unpaired) electrons. The standard InChI is InChI=1S/C20H21N3O3S/c1-14-6-8-16(9-7-14)25-13-18(24)23-10-2-4-15(12-23)19-21-22-20(26-19)17-5-3-11-27-17/h3,5-9,11,15H,2,4,10,12-13H2,1H3. The second kappa shape index (κ2) is 7.92. The summed E-state index contributed by atoms with van der Waals surface area (Å²) in [5, 5.41) is 10.3. The molecule has 1 atom stereocenters. The zero-order chi connectivity index (χ0) is 18.6. The number of hydrogen-bond donors (Lipinski definition) is 0. The van der Waals surface area contributed by atoms with Gasteiger partial charge in [0.15, 0.2) is 6.61 Å². The Morgan fingerprint density at radius 1 is 1.30 bits per heavy atom. The second-order valence-corrected chi connectivity index (χ2v) is 7.65. The quantitative estimate of drug-likeness (QED) is 0.669. The van der Waals surface area contributed by atoms with E-state index in [4.69, 9.17) is 9.15 Å². The topological polar surface area (TPSA) is 68.5 Å². The van der Waals surface area contributed by atoms with Gasteiger partial charge in [-0.3, -0.25) is 4.79 Å². The monoisotopic (exact) mass is 383 g/mol. The first kappa shape index (κ1) is 17.7. The average Bonchev–Trinajstić information content (AvgIpc) is 3.39. The van der Waals surface area contributed by atoms with Crippen molar-refractivity contribution < 1.29 is 13.9 Å². The first-order valence-corrected chi connectivity index (χ1v) is 9.91. The highest BCUT2D eigenvalue weighted by atomic mass is 32.1. The van der Waals surface area contributed by atoms with Crippen LogP contribution in [0, 0.1) is 6.92 Å². The van der Waals surface area contributed by atoms with Crippen LogP contribution < -0.4 is 4.74 Å². The summed E-state index contributed by atoms with van der Waals surface area (Å²) in [6, 6.07) is 11.6. The van der Waals surface area contributed by atoms with Crippen molar-refractivity contribution in [3.63, 3.8) is 0 Å². The van der Waals surface area contributed by atoms with Gasteiger partial charge in [0.2, 0.25) is 5.89 Å². The van der Waals surface area contributed by atoms with E-state index in [-0.39, 0.29) is 18.4 Å². The van der Waals surface area contributed by atoms with Gasteiger partial charge in [0.1, 0.15) is 5.75 Å². The maximum atomic E-state index is 12.5. The maximum Gasteiger partial charge on any atom is 0.260 e. The van der Waals surface area contributed by atoms with E-state index in [0.717, 1.165) is 29.8 Å². The lowest BCUT2D eigenvalue weighted by atomic mass is 9.98. The van der Waals surface area contributed by atoms with E-state index in [2.05, 4.69) is 10.2 Å². The average molecular weight is 383 g/mol. The van der Waals surface area contributed by atoms with Crippen molar-refractivity contribution in [2.24, 2.45) is 0 Å². The summed E-state index contributed by atoms with van der Waals surface area (Å²) in [7, 11) is 0. The first-order chi connectivity index (χ1) is 13.2. The molecular formula is C20H21N3O3S. The number of likely N-dealkylation sites (tertiary alicyclic amines) is 1. The molecule has 2 aromatic heterocycles. The van der Waals surface area contributed by atoms with E-state index in [1.54, 1.807) is 11.3 Å². The predicted molar refractivity (Wildman–Crippen MR) is 103 cm³/mol. The Kier molecular flexibility index (Phi) is 5.20. The van der Waals surface area contributed by atoms with Gasteiger partial charge in [0.05, 0.1) is 10.8 Å². The van der Waals surface area contributed by atoms with Crippen molar-refractivity contribution in [3.05, 3.63) is 53.2 Å². The van der Waals surface area contributed by atoms with Crippen LogP contribution in [-0.4, -0.2) is 40.7 Å². The van der Waals surface area contributed by atoms with Crippen LogP contribution in [0.1, 0.15) is 30.2 Å². The Bertz CT molecular complexity index is 890. The number of thiophene rings is 1. The number of aromatic nitrogens is 2. The highest BCUT2D eigenvalue weighted by Gasteiger charge is 2.28. The molecule has 0 aliphatic carbocycles. The van der Waals surface area contributed by atoms with Gasteiger partial charge in [-0.2, -0.15) is 0 Å². The highest BCUT2D eigenvalue weighted by Crippen LogP contribution is 2.30. The van der Waals surface area contributed by atoms with Crippen molar-refractivity contribution in [2.75, 3.05) is 19.7 Å². The highest BCUT2D eigenvalue weighted by molar-refractivity contribution is 7.13. The van der Waals surface area contributed by atoms with Gasteiger partial charge in [0.25, 0.3) is 11.8 Å². The molecule has 3 heterocycles. The van der Waals surface area contributed by atoms with Crippen molar-refractivity contribution >= 4 is 17.2 Å². The van der Waals surface area contributed by atoms with Crippen LogP contribution >= 0.6 is 11.3 Å². The van der Waals surface area contributed by atoms with Crippen LogP contribution in [-0.2, 0) is 4.79 Å². The summed E-state index contributed by atoms with van der Waals surface area (Å²) in [6.07, 6.45) is 1.85. The van der Waals surface area contributed by atoms with Crippen LogP contribution in [0.3, 0.4) is 0 Å². The number of hydrogen-bond acceptors (Lipinski definition) is 6. The number of ether oxygens (including phenoxy) is 1. The molecule has 140 valence electrons. The Balaban J connectivity index is 1.36. The summed E-state index contributed by atoms with van der Waals surface area (Å²) in [4.78, 5) is 15.3. The van der Waals surface area contributed by atoms with E-state index in [9.17, 15) is 4.79 Å². The zero-order valence-electron chi connectivity index (χ0n) is 15.1. The third-order valence-electron chi connectivity index (χ3n) is 4.68. The summed E-state index contributed by atoms with van der Waals surface area (Å²) < 4.78 is 11.5. The molecule has 3 aromatic rings. The van der Waals surface area contributed by atoms with E-state index in [1.807, 2.05) is 53.6 Å². The molecular weight excluding hydrogens is 362 g/mol. The lowest BCUT2D eigenvalue weighted by Gasteiger charge is -2.31. The predicted octanol–water partition coefficient (Wildman–Crippen LogP) is 3.89. The van der Waals surface area contributed by atoms with Gasteiger partial charge < -0.3 is 14.1 Å². The Morgan fingerprint density at radius 3 is 2.93 bits per heavy atom. The third-order valence-corrected chi connectivity index (χ3v) is 5.54. The number of nitrogens with zero attached hydrogens (tertiary/aromatic N) is 3. The minimum atomic E-state index is -0.0155. The molecule has 0 N–H and O–H groups in total. The lowest BCUT2D eigenvalue weighted by molar-refractivity contribution is -0.134. The van der Waals surface area contributed by atoms with Gasteiger partial charge >= 0.3 is 0 Å². The molecule has 6 nitrogen and oxygen atoms in total. The lowest BCUT2D eigenvalue weighted by Crippen LogP contribution is -2.41. The largest absolute Gasteiger partial charge is 0.484 e. The van der Waals surface area contributed by atoms with Crippen LogP contribution in [0.4, 0.5) is 0 Å². The van der Waals surface area contributed by atoms with E-state index in [0.29, 0.717) is 24.1 Å². The smallest absolute Gasteiger partial charge is 0.260 e. The molecule has 1 aliphatic heterocycles. The SMILES string of the molecule is Cc1ccc(OCC(=O)N2CCCC(c3nnc(-c4cccs4)o3)C2)cc1. The summed E-state index contributed by atoms with van der Waals surface area (Å²) in [5.74, 6) is 1.92. The fourth-order valence-corrected chi connectivity index (χ4v) is 3.82. The molecule has 1 aliphatic rings. The van der Waals surface area contributed by atoms with Crippen molar-refractivity contribution in [1.29, 1.82) is 0 Å². The maximum absolute atomic E-state index is 12.5. The van der Waals surface area contributed by atoms with Crippen LogP contribution in [0.25, 0.3) is 10.8 Å². The molecule has 1 unspecified atom stereocenters. The fourth-order valence-electron chi connectivity index (χ4n) is 3.18. The normalized spacial score (nSPS) is 17.1. The van der Waals surface area contributed by atoms with Crippen molar-refractivity contribution in [2.45, 2.75) is 25.7 Å². The number of aryl methyl sites for hydroxylation is 1. The number of carbonyl (C=O) groups excluding carboxylic acids is 1. The second-order valence-electron chi connectivity index (χ2n) is 6.70. The van der Waals surface area contributed by atoms with E-state index >= 15 is 0 Å². The minimum absolute atomic E-state index is 0.0155. The molecule has 27 heavy (non-hydrogen) atoms. The number of carbonyl (C=O) groups is 1. The molecule has 4 rings (SSSR count). The molecule has 0 saturated carbocycles. The number of benzene rings is 1.